The zero-order valence-corrected chi connectivity index (χ0v) is 9.05. The number of hydrogen-bond acceptors (Lipinski definition) is 1. The molecule has 0 saturated carbocycles. The molecule has 0 aliphatic carbocycles. The van der Waals surface area contributed by atoms with Crippen molar-refractivity contribution < 1.29 is 4.74 Å². The first-order valence-corrected chi connectivity index (χ1v) is 5.06. The van der Waals surface area contributed by atoms with Crippen LogP contribution in [0.5, 0.6) is 0 Å². The lowest BCUT2D eigenvalue weighted by atomic mass is 9.67. The third-order valence-corrected chi connectivity index (χ3v) is 3.68. The van der Waals surface area contributed by atoms with Gasteiger partial charge in [-0.05, 0) is 23.2 Å². The van der Waals surface area contributed by atoms with Gasteiger partial charge in [-0.15, -0.1) is 0 Å². The van der Waals surface area contributed by atoms with Crippen LogP contribution in [0.1, 0.15) is 34.6 Å². The highest BCUT2D eigenvalue weighted by molar-refractivity contribution is 4.90. The summed E-state index contributed by atoms with van der Waals surface area (Å²) in [5.74, 6) is 2.23. The third-order valence-electron chi connectivity index (χ3n) is 3.68. The van der Waals surface area contributed by atoms with Gasteiger partial charge in [0.15, 0.2) is 0 Å². The molecule has 12 heavy (non-hydrogen) atoms. The summed E-state index contributed by atoms with van der Waals surface area (Å²) in [6.07, 6.45) is 0. The normalized spacial score (nSPS) is 36.8. The van der Waals surface area contributed by atoms with E-state index >= 15 is 0 Å². The fraction of sp³-hybridized carbons (Fsp3) is 1.00. The lowest BCUT2D eigenvalue weighted by molar-refractivity contribution is 0.113. The van der Waals surface area contributed by atoms with Gasteiger partial charge in [-0.25, -0.2) is 0 Å². The Labute approximate surface area is 76.5 Å². The summed E-state index contributed by atoms with van der Waals surface area (Å²) in [5, 5.41) is 0. The van der Waals surface area contributed by atoms with Crippen LogP contribution in [-0.2, 0) is 4.74 Å². The van der Waals surface area contributed by atoms with E-state index in [0.29, 0.717) is 5.41 Å². The van der Waals surface area contributed by atoms with Crippen LogP contribution in [0.15, 0.2) is 0 Å². The van der Waals surface area contributed by atoms with E-state index in [1.807, 2.05) is 0 Å². The van der Waals surface area contributed by atoms with Crippen molar-refractivity contribution in [1.29, 1.82) is 0 Å². The molecule has 0 aromatic heterocycles. The molecule has 0 N–H and O–H groups in total. The summed E-state index contributed by atoms with van der Waals surface area (Å²) in [6.45, 7) is 13.5. The Morgan fingerprint density at radius 3 is 2.17 bits per heavy atom. The van der Waals surface area contributed by atoms with E-state index in [1.165, 1.54) is 0 Å². The van der Waals surface area contributed by atoms with Crippen LogP contribution in [-0.4, -0.2) is 13.2 Å². The molecule has 2 unspecified atom stereocenters. The van der Waals surface area contributed by atoms with Crippen LogP contribution in [0.4, 0.5) is 0 Å². The molecule has 1 heterocycles. The summed E-state index contributed by atoms with van der Waals surface area (Å²) < 4.78 is 5.60. The van der Waals surface area contributed by atoms with E-state index in [9.17, 15) is 0 Å². The predicted octanol–water partition coefficient (Wildman–Crippen LogP) is 2.95. The molecule has 1 saturated heterocycles. The van der Waals surface area contributed by atoms with Gasteiger partial charge >= 0.3 is 0 Å². The second-order valence-electron chi connectivity index (χ2n) is 5.03. The van der Waals surface area contributed by atoms with Gasteiger partial charge in [0.25, 0.3) is 0 Å². The average molecular weight is 170 g/mol. The summed E-state index contributed by atoms with van der Waals surface area (Å²) in [4.78, 5) is 0. The molecule has 0 bridgehead atoms. The van der Waals surface area contributed by atoms with Crippen molar-refractivity contribution in [2.75, 3.05) is 13.2 Å². The lowest BCUT2D eigenvalue weighted by Crippen LogP contribution is -2.34. The molecule has 1 aliphatic heterocycles. The Morgan fingerprint density at radius 1 is 1.25 bits per heavy atom. The van der Waals surface area contributed by atoms with Gasteiger partial charge in [0.05, 0.1) is 13.2 Å². The van der Waals surface area contributed by atoms with Gasteiger partial charge < -0.3 is 4.74 Å². The second-order valence-corrected chi connectivity index (χ2v) is 5.03. The van der Waals surface area contributed by atoms with Crippen LogP contribution in [0.2, 0.25) is 0 Å². The van der Waals surface area contributed by atoms with Gasteiger partial charge in [0, 0.05) is 0 Å². The van der Waals surface area contributed by atoms with Gasteiger partial charge in [0.2, 0.25) is 0 Å². The van der Waals surface area contributed by atoms with Crippen LogP contribution in [0.3, 0.4) is 0 Å². The fourth-order valence-electron chi connectivity index (χ4n) is 2.25. The molecule has 2 atom stereocenters. The van der Waals surface area contributed by atoms with E-state index in [1.54, 1.807) is 0 Å². The Kier molecular flexibility index (Phi) is 2.82. The molecular weight excluding hydrogens is 148 g/mol. The van der Waals surface area contributed by atoms with Crippen molar-refractivity contribution in [3.05, 3.63) is 0 Å². The van der Waals surface area contributed by atoms with E-state index in [4.69, 9.17) is 4.74 Å². The molecule has 0 spiro atoms. The highest BCUT2D eigenvalue weighted by Crippen LogP contribution is 2.44. The Hall–Kier alpha value is -0.0400. The summed E-state index contributed by atoms with van der Waals surface area (Å²) >= 11 is 0. The van der Waals surface area contributed by atoms with Gasteiger partial charge in [-0.2, -0.15) is 0 Å². The number of hydrogen-bond donors (Lipinski definition) is 0. The molecule has 1 heteroatoms. The fourth-order valence-corrected chi connectivity index (χ4v) is 2.25. The largest absolute Gasteiger partial charge is 0.381 e. The van der Waals surface area contributed by atoms with E-state index in [-0.39, 0.29) is 0 Å². The first-order chi connectivity index (χ1) is 5.48. The maximum absolute atomic E-state index is 5.60. The molecule has 0 aromatic rings. The zero-order chi connectivity index (χ0) is 9.35. The predicted molar refractivity (Wildman–Crippen MR) is 52.1 cm³/mol. The second kappa shape index (κ2) is 3.37. The van der Waals surface area contributed by atoms with Crippen LogP contribution in [0.25, 0.3) is 0 Å². The first kappa shape index (κ1) is 10.0. The monoisotopic (exact) mass is 170 g/mol. The average Bonchev–Trinajstić information content (AvgIpc) is 2.32. The van der Waals surface area contributed by atoms with Gasteiger partial charge in [-0.3, -0.25) is 0 Å². The van der Waals surface area contributed by atoms with E-state index in [2.05, 4.69) is 34.6 Å². The van der Waals surface area contributed by atoms with Crippen LogP contribution >= 0.6 is 0 Å². The van der Waals surface area contributed by atoms with Crippen molar-refractivity contribution in [3.63, 3.8) is 0 Å². The molecule has 0 amide bonds. The highest BCUT2D eigenvalue weighted by Gasteiger charge is 2.43. The SMILES string of the molecule is CC(C)C1COCC1(C)C(C)C. The number of rotatable bonds is 2. The molecular formula is C11H22O. The summed E-state index contributed by atoms with van der Waals surface area (Å²) in [6, 6.07) is 0. The Balaban J connectivity index is 2.74. The molecule has 1 aliphatic rings. The van der Waals surface area contributed by atoms with Gasteiger partial charge in [0.1, 0.15) is 0 Å². The molecule has 1 fully saturated rings. The van der Waals surface area contributed by atoms with Crippen molar-refractivity contribution in [2.45, 2.75) is 34.6 Å². The molecule has 1 nitrogen and oxygen atoms in total. The molecule has 72 valence electrons. The number of ether oxygens (including phenoxy) is 1. The Bertz CT molecular complexity index is 151. The van der Waals surface area contributed by atoms with Crippen LogP contribution < -0.4 is 0 Å². The zero-order valence-electron chi connectivity index (χ0n) is 9.05. The third kappa shape index (κ3) is 1.52. The minimum atomic E-state index is 0.411. The maximum Gasteiger partial charge on any atom is 0.0525 e. The molecule has 1 rings (SSSR count). The topological polar surface area (TPSA) is 9.23 Å². The van der Waals surface area contributed by atoms with Gasteiger partial charge in [-0.1, -0.05) is 34.6 Å². The Morgan fingerprint density at radius 2 is 1.83 bits per heavy atom. The minimum Gasteiger partial charge on any atom is -0.381 e. The first-order valence-electron chi connectivity index (χ1n) is 5.06. The maximum atomic E-state index is 5.60. The quantitative estimate of drug-likeness (QED) is 0.619. The standard InChI is InChI=1S/C11H22O/c1-8(2)10-6-12-7-11(10,5)9(3)4/h8-10H,6-7H2,1-5H3. The van der Waals surface area contributed by atoms with Crippen molar-refractivity contribution in [1.82, 2.24) is 0 Å². The van der Waals surface area contributed by atoms with Crippen molar-refractivity contribution in [2.24, 2.45) is 23.2 Å². The minimum absolute atomic E-state index is 0.411. The highest BCUT2D eigenvalue weighted by atomic mass is 16.5. The van der Waals surface area contributed by atoms with Crippen molar-refractivity contribution in [3.8, 4) is 0 Å². The van der Waals surface area contributed by atoms with Crippen molar-refractivity contribution >= 4 is 0 Å². The summed E-state index contributed by atoms with van der Waals surface area (Å²) in [5.41, 5.74) is 0.411. The van der Waals surface area contributed by atoms with Crippen LogP contribution in [0, 0.1) is 23.2 Å². The lowest BCUT2D eigenvalue weighted by Gasteiger charge is -2.35. The molecule has 0 radical (unpaired) electrons. The molecule has 0 aromatic carbocycles. The van der Waals surface area contributed by atoms with E-state index < -0.39 is 0 Å². The summed E-state index contributed by atoms with van der Waals surface area (Å²) in [7, 11) is 0. The smallest absolute Gasteiger partial charge is 0.0525 e. The van der Waals surface area contributed by atoms with E-state index in [0.717, 1.165) is 31.0 Å².